The Morgan fingerprint density at radius 1 is 1.17 bits per heavy atom. The predicted octanol–water partition coefficient (Wildman–Crippen LogP) is 2.01. The zero-order chi connectivity index (χ0) is 13.4. The van der Waals surface area contributed by atoms with Gasteiger partial charge < -0.3 is 5.32 Å². The summed E-state index contributed by atoms with van der Waals surface area (Å²) in [5, 5.41) is 10.6. The van der Waals surface area contributed by atoms with Crippen LogP contribution in [0.5, 0.6) is 0 Å². The minimum atomic E-state index is -0.623. The molecule has 0 spiro atoms. The minimum Gasteiger partial charge on any atom is -0.308 e. The van der Waals surface area contributed by atoms with E-state index in [9.17, 15) is 9.59 Å². The van der Waals surface area contributed by atoms with E-state index in [1.54, 1.807) is 6.07 Å². The number of anilines is 1. The normalized spacial score (nSPS) is 19.1. The highest BCUT2D eigenvalue weighted by molar-refractivity contribution is 6.20. The fourth-order valence-corrected chi connectivity index (χ4v) is 2.06. The second-order valence-corrected chi connectivity index (χ2v) is 5.26. The Hall–Kier alpha value is -1.78. The molecule has 0 aliphatic carbocycles. The second kappa shape index (κ2) is 4.48. The van der Waals surface area contributed by atoms with Crippen molar-refractivity contribution in [2.45, 2.75) is 33.6 Å². The molecule has 0 saturated heterocycles. The summed E-state index contributed by atoms with van der Waals surface area (Å²) in [6.07, 6.45) is 0. The van der Waals surface area contributed by atoms with Gasteiger partial charge in [-0.05, 0) is 17.9 Å². The molecular weight excluding hydrogens is 230 g/mol. The Labute approximate surface area is 106 Å². The van der Waals surface area contributed by atoms with Gasteiger partial charge in [0.05, 0.1) is 11.3 Å². The number of aromatic nitrogens is 2. The molecule has 0 fully saturated rings. The molecule has 1 unspecified atom stereocenters. The van der Waals surface area contributed by atoms with Crippen LogP contribution in [0.1, 0.15) is 49.7 Å². The van der Waals surface area contributed by atoms with Crippen LogP contribution < -0.4 is 5.32 Å². The summed E-state index contributed by atoms with van der Waals surface area (Å²) >= 11 is 0. The van der Waals surface area contributed by atoms with Gasteiger partial charge in [0.25, 0.3) is 0 Å². The van der Waals surface area contributed by atoms with Crippen LogP contribution >= 0.6 is 0 Å². The quantitative estimate of drug-likeness (QED) is 0.811. The first-order valence-electron chi connectivity index (χ1n) is 6.14. The first-order chi connectivity index (χ1) is 8.41. The maximum atomic E-state index is 12.3. The lowest BCUT2D eigenvalue weighted by Crippen LogP contribution is -2.39. The number of nitrogens with one attached hydrogen (secondary N) is 1. The van der Waals surface area contributed by atoms with Crippen LogP contribution in [0.2, 0.25) is 0 Å². The summed E-state index contributed by atoms with van der Waals surface area (Å²) in [6, 6.07) is 1.74. The number of nitrogens with zero attached hydrogens (tertiary/aromatic N) is 2. The molecule has 5 nitrogen and oxygen atoms in total. The number of fused-ring (bicyclic) bond motifs is 1. The van der Waals surface area contributed by atoms with Crippen molar-refractivity contribution in [3.05, 3.63) is 17.3 Å². The predicted molar refractivity (Wildman–Crippen MR) is 67.4 cm³/mol. The van der Waals surface area contributed by atoms with Gasteiger partial charge in [0.2, 0.25) is 5.91 Å². The Balaban J connectivity index is 2.48. The van der Waals surface area contributed by atoms with Gasteiger partial charge >= 0.3 is 0 Å². The minimum absolute atomic E-state index is 0.0266. The van der Waals surface area contributed by atoms with Gasteiger partial charge in [-0.2, -0.15) is 5.10 Å². The molecular formula is C13H17N3O2. The van der Waals surface area contributed by atoms with Gasteiger partial charge in [-0.1, -0.05) is 27.7 Å². The summed E-state index contributed by atoms with van der Waals surface area (Å²) in [4.78, 5) is 24.1. The van der Waals surface area contributed by atoms with E-state index in [0.717, 1.165) is 5.69 Å². The molecule has 18 heavy (non-hydrogen) atoms. The number of carbonyl (C=O) groups excluding carboxylic acids is 2. The molecule has 0 saturated carbocycles. The highest BCUT2D eigenvalue weighted by Gasteiger charge is 2.37. The molecule has 0 bridgehead atoms. The number of amides is 1. The van der Waals surface area contributed by atoms with Crippen LogP contribution in [0.15, 0.2) is 6.07 Å². The number of carbonyl (C=O) groups is 2. The highest BCUT2D eigenvalue weighted by atomic mass is 16.2. The van der Waals surface area contributed by atoms with E-state index in [-0.39, 0.29) is 29.3 Å². The van der Waals surface area contributed by atoms with Gasteiger partial charge in [0.1, 0.15) is 5.92 Å². The van der Waals surface area contributed by atoms with Gasteiger partial charge in [0, 0.05) is 0 Å². The fraction of sp³-hybridized carbons (Fsp3) is 0.538. The van der Waals surface area contributed by atoms with Gasteiger partial charge in [-0.25, -0.2) is 0 Å². The molecule has 96 valence electrons. The zero-order valence-electron chi connectivity index (χ0n) is 11.0. The van der Waals surface area contributed by atoms with E-state index in [2.05, 4.69) is 15.5 Å². The van der Waals surface area contributed by atoms with Crippen molar-refractivity contribution in [2.24, 2.45) is 11.8 Å². The van der Waals surface area contributed by atoms with E-state index < -0.39 is 5.92 Å². The fourth-order valence-electron chi connectivity index (χ4n) is 2.06. The molecule has 2 rings (SSSR count). The maximum Gasteiger partial charge on any atom is 0.236 e. The van der Waals surface area contributed by atoms with Crippen LogP contribution in [0, 0.1) is 11.8 Å². The smallest absolute Gasteiger partial charge is 0.236 e. The van der Waals surface area contributed by atoms with Crippen LogP contribution in [-0.4, -0.2) is 21.9 Å². The summed E-state index contributed by atoms with van der Waals surface area (Å²) in [7, 11) is 0. The standard InChI is InChI=1S/C13H17N3O2/c1-6(2)9-5-8-11(17)10(7(3)4)13(18)14-12(8)16-15-9/h5-7,10H,1-4H3,(H,14,16,18). The number of hydrogen-bond acceptors (Lipinski definition) is 4. The molecule has 1 atom stereocenters. The first-order valence-corrected chi connectivity index (χ1v) is 6.14. The molecule has 1 aliphatic heterocycles. The Morgan fingerprint density at radius 2 is 1.83 bits per heavy atom. The molecule has 1 aromatic heterocycles. The summed E-state index contributed by atoms with van der Waals surface area (Å²) in [5.41, 5.74) is 1.24. The van der Waals surface area contributed by atoms with Crippen LogP contribution in [-0.2, 0) is 4.79 Å². The Bertz CT molecular complexity index is 509. The molecule has 1 aromatic rings. The Kier molecular flexibility index (Phi) is 3.15. The second-order valence-electron chi connectivity index (χ2n) is 5.26. The number of Topliss-reactive ketones (excluding diaryl/α,β-unsaturated/α-hetero) is 1. The van der Waals surface area contributed by atoms with E-state index in [1.165, 1.54) is 0 Å². The van der Waals surface area contributed by atoms with Gasteiger partial charge in [-0.15, -0.1) is 5.10 Å². The van der Waals surface area contributed by atoms with Crippen molar-refractivity contribution in [1.29, 1.82) is 0 Å². The number of rotatable bonds is 2. The van der Waals surface area contributed by atoms with Crippen LogP contribution in [0.3, 0.4) is 0 Å². The van der Waals surface area contributed by atoms with Crippen molar-refractivity contribution >= 4 is 17.5 Å². The van der Waals surface area contributed by atoms with Crippen LogP contribution in [0.25, 0.3) is 0 Å². The van der Waals surface area contributed by atoms with E-state index in [1.807, 2.05) is 27.7 Å². The average molecular weight is 247 g/mol. The molecule has 2 heterocycles. The lowest BCUT2D eigenvalue weighted by atomic mass is 9.84. The van der Waals surface area contributed by atoms with Crippen molar-refractivity contribution in [2.75, 3.05) is 5.32 Å². The summed E-state index contributed by atoms with van der Waals surface area (Å²) in [6.45, 7) is 7.71. The van der Waals surface area contributed by atoms with Crippen molar-refractivity contribution in [3.63, 3.8) is 0 Å². The van der Waals surface area contributed by atoms with E-state index in [0.29, 0.717) is 5.56 Å². The Morgan fingerprint density at radius 3 is 2.39 bits per heavy atom. The van der Waals surface area contributed by atoms with E-state index in [4.69, 9.17) is 0 Å². The molecule has 1 aliphatic rings. The topological polar surface area (TPSA) is 72.0 Å². The van der Waals surface area contributed by atoms with Crippen molar-refractivity contribution < 1.29 is 9.59 Å². The highest BCUT2D eigenvalue weighted by Crippen LogP contribution is 2.28. The molecule has 1 N–H and O–H groups in total. The SMILES string of the molecule is CC(C)c1cc2c(nn1)NC(=O)C(C(C)C)C2=O. The van der Waals surface area contributed by atoms with E-state index >= 15 is 0 Å². The largest absolute Gasteiger partial charge is 0.308 e. The average Bonchev–Trinajstić information content (AvgIpc) is 2.27. The molecule has 5 heteroatoms. The lowest BCUT2D eigenvalue weighted by Gasteiger charge is -2.25. The van der Waals surface area contributed by atoms with Gasteiger partial charge in [-0.3, -0.25) is 9.59 Å². The number of hydrogen-bond donors (Lipinski definition) is 1. The molecule has 1 amide bonds. The number of ketones is 1. The van der Waals surface area contributed by atoms with Gasteiger partial charge in [0.15, 0.2) is 11.6 Å². The van der Waals surface area contributed by atoms with Crippen molar-refractivity contribution in [3.8, 4) is 0 Å². The zero-order valence-corrected chi connectivity index (χ0v) is 11.0. The monoisotopic (exact) mass is 247 g/mol. The third-order valence-electron chi connectivity index (χ3n) is 3.14. The third-order valence-corrected chi connectivity index (χ3v) is 3.14. The van der Waals surface area contributed by atoms with Crippen molar-refractivity contribution in [1.82, 2.24) is 10.2 Å². The maximum absolute atomic E-state index is 12.3. The van der Waals surface area contributed by atoms with Crippen LogP contribution in [0.4, 0.5) is 5.82 Å². The summed E-state index contributed by atoms with van der Waals surface area (Å²) in [5.74, 6) is -0.602. The molecule has 0 aromatic carbocycles. The third kappa shape index (κ3) is 2.00. The first kappa shape index (κ1) is 12.7. The summed E-state index contributed by atoms with van der Waals surface area (Å²) < 4.78 is 0. The lowest BCUT2D eigenvalue weighted by molar-refractivity contribution is -0.119. The molecule has 0 radical (unpaired) electrons.